The zero-order valence-corrected chi connectivity index (χ0v) is 12.3. The van der Waals surface area contributed by atoms with Gasteiger partial charge in [0, 0.05) is 18.7 Å². The second-order valence-electron chi connectivity index (χ2n) is 5.03. The summed E-state index contributed by atoms with van der Waals surface area (Å²) in [6.45, 7) is 0. The number of halogens is 1. The van der Waals surface area contributed by atoms with Crippen LogP contribution in [0.15, 0.2) is 23.1 Å². The van der Waals surface area contributed by atoms with Gasteiger partial charge in [-0.05, 0) is 37.5 Å². The number of hydrogen-bond donors (Lipinski definition) is 2. The molecule has 0 aliphatic heterocycles. The lowest BCUT2D eigenvalue weighted by Crippen LogP contribution is -2.33. The van der Waals surface area contributed by atoms with Crippen LogP contribution in [0.4, 0.5) is 4.39 Å². The normalized spacial score (nSPS) is 22.2. The fourth-order valence-corrected chi connectivity index (χ4v) is 3.05. The molecule has 1 fully saturated rings. The molecule has 1 amide bonds. The van der Waals surface area contributed by atoms with Crippen LogP contribution < -0.4 is 10.5 Å². The van der Waals surface area contributed by atoms with Gasteiger partial charge in [0.15, 0.2) is 0 Å². The number of rotatable bonds is 4. The highest BCUT2D eigenvalue weighted by molar-refractivity contribution is 7.89. The molecule has 0 aromatic heterocycles. The predicted molar refractivity (Wildman–Crippen MR) is 73.7 cm³/mol. The van der Waals surface area contributed by atoms with E-state index < -0.39 is 26.6 Å². The number of benzene rings is 1. The van der Waals surface area contributed by atoms with Gasteiger partial charge >= 0.3 is 0 Å². The Labute approximate surface area is 122 Å². The maximum atomic E-state index is 13.4. The zero-order valence-electron chi connectivity index (χ0n) is 11.5. The van der Waals surface area contributed by atoms with Crippen LogP contribution in [0.1, 0.15) is 29.6 Å². The second kappa shape index (κ2) is 6.08. The van der Waals surface area contributed by atoms with Crippen molar-refractivity contribution in [2.24, 2.45) is 5.14 Å². The lowest BCUT2D eigenvalue weighted by molar-refractivity contribution is 0.0914. The highest BCUT2D eigenvalue weighted by Gasteiger charge is 2.26. The number of ether oxygens (including phenoxy) is 1. The molecular formula is C13H17FN2O4S. The summed E-state index contributed by atoms with van der Waals surface area (Å²) in [4.78, 5) is 11.4. The molecule has 21 heavy (non-hydrogen) atoms. The number of amides is 1. The molecule has 0 bridgehead atoms. The topological polar surface area (TPSA) is 98.5 Å². The van der Waals surface area contributed by atoms with Crippen LogP contribution in [0.25, 0.3) is 0 Å². The minimum atomic E-state index is -4.20. The average Bonchev–Trinajstić information content (AvgIpc) is 2.85. The summed E-state index contributed by atoms with van der Waals surface area (Å²) in [5.41, 5.74) is 0.0568. The summed E-state index contributed by atoms with van der Waals surface area (Å²) < 4.78 is 41.1. The van der Waals surface area contributed by atoms with E-state index in [0.29, 0.717) is 6.42 Å². The van der Waals surface area contributed by atoms with Crippen molar-refractivity contribution in [2.75, 3.05) is 7.11 Å². The predicted octanol–water partition coefficient (Wildman–Crippen LogP) is 0.770. The van der Waals surface area contributed by atoms with Gasteiger partial charge in [-0.15, -0.1) is 0 Å². The van der Waals surface area contributed by atoms with Crippen LogP contribution in [-0.4, -0.2) is 33.6 Å². The number of hydrogen-bond acceptors (Lipinski definition) is 4. The van der Waals surface area contributed by atoms with Gasteiger partial charge in [-0.25, -0.2) is 17.9 Å². The van der Waals surface area contributed by atoms with Crippen LogP contribution >= 0.6 is 0 Å². The number of carbonyl (C=O) groups excluding carboxylic acids is 1. The first-order valence-corrected chi connectivity index (χ1v) is 8.02. The molecule has 1 aromatic carbocycles. The minimum absolute atomic E-state index is 0.0366. The van der Waals surface area contributed by atoms with Crippen LogP contribution in [0.3, 0.4) is 0 Å². The first-order chi connectivity index (χ1) is 9.81. The maximum absolute atomic E-state index is 13.4. The molecular weight excluding hydrogens is 299 g/mol. The molecule has 3 N–H and O–H groups in total. The fourth-order valence-electron chi connectivity index (χ4n) is 2.42. The molecule has 2 atom stereocenters. The summed E-state index contributed by atoms with van der Waals surface area (Å²) in [5.74, 6) is -1.43. The van der Waals surface area contributed by atoms with Gasteiger partial charge in [-0.3, -0.25) is 4.79 Å². The Hall–Kier alpha value is -1.51. The quantitative estimate of drug-likeness (QED) is 0.857. The van der Waals surface area contributed by atoms with Crippen molar-refractivity contribution in [1.82, 2.24) is 5.32 Å². The highest BCUT2D eigenvalue weighted by atomic mass is 32.2. The van der Waals surface area contributed by atoms with Crippen molar-refractivity contribution >= 4 is 15.9 Å². The van der Waals surface area contributed by atoms with Crippen molar-refractivity contribution < 1.29 is 22.3 Å². The largest absolute Gasteiger partial charge is 0.381 e. The minimum Gasteiger partial charge on any atom is -0.381 e. The van der Waals surface area contributed by atoms with E-state index >= 15 is 0 Å². The molecule has 116 valence electrons. The van der Waals surface area contributed by atoms with E-state index in [4.69, 9.17) is 9.88 Å². The Kier molecular flexibility index (Phi) is 4.60. The van der Waals surface area contributed by atoms with Crippen LogP contribution in [0, 0.1) is 5.82 Å². The first kappa shape index (κ1) is 15.9. The molecule has 1 aliphatic rings. The Bertz CT molecular complexity index is 648. The molecule has 0 spiro atoms. The monoisotopic (exact) mass is 316 g/mol. The fraction of sp³-hybridized carbons (Fsp3) is 0.462. The van der Waals surface area contributed by atoms with Gasteiger partial charge in [0.25, 0.3) is 5.91 Å². The first-order valence-electron chi connectivity index (χ1n) is 6.47. The molecule has 0 heterocycles. The summed E-state index contributed by atoms with van der Waals surface area (Å²) in [6.07, 6.45) is 2.45. The van der Waals surface area contributed by atoms with Gasteiger partial charge < -0.3 is 10.1 Å². The molecule has 6 nitrogen and oxygen atoms in total. The molecule has 2 unspecified atom stereocenters. The number of carbonyl (C=O) groups is 1. The van der Waals surface area contributed by atoms with Crippen molar-refractivity contribution in [3.63, 3.8) is 0 Å². The third-order valence-corrected chi connectivity index (χ3v) is 4.48. The molecule has 0 saturated heterocycles. The third kappa shape index (κ3) is 3.78. The van der Waals surface area contributed by atoms with E-state index in [0.717, 1.165) is 25.0 Å². The molecule has 8 heteroatoms. The van der Waals surface area contributed by atoms with E-state index in [2.05, 4.69) is 5.32 Å². The van der Waals surface area contributed by atoms with E-state index in [9.17, 15) is 17.6 Å². The number of nitrogens with two attached hydrogens (primary N) is 1. The molecule has 1 saturated carbocycles. The van der Waals surface area contributed by atoms with Crippen molar-refractivity contribution in [2.45, 2.75) is 36.3 Å². The number of primary sulfonamides is 1. The van der Waals surface area contributed by atoms with Gasteiger partial charge in [0.1, 0.15) is 10.7 Å². The van der Waals surface area contributed by atoms with Crippen molar-refractivity contribution in [3.05, 3.63) is 29.6 Å². The Morgan fingerprint density at radius 2 is 2.14 bits per heavy atom. The number of nitrogens with one attached hydrogen (secondary N) is 1. The summed E-state index contributed by atoms with van der Waals surface area (Å²) in [5, 5.41) is 7.69. The number of sulfonamides is 1. The molecule has 2 rings (SSSR count). The van der Waals surface area contributed by atoms with Gasteiger partial charge in [0.05, 0.1) is 6.10 Å². The van der Waals surface area contributed by atoms with Gasteiger partial charge in [0.2, 0.25) is 10.0 Å². The lowest BCUT2D eigenvalue weighted by atomic mass is 10.1. The lowest BCUT2D eigenvalue weighted by Gasteiger charge is -2.13. The Balaban J connectivity index is 2.13. The van der Waals surface area contributed by atoms with Crippen molar-refractivity contribution in [1.29, 1.82) is 0 Å². The molecule has 1 aromatic rings. The second-order valence-corrected chi connectivity index (χ2v) is 6.56. The van der Waals surface area contributed by atoms with Gasteiger partial charge in [-0.2, -0.15) is 0 Å². The molecule has 1 aliphatic carbocycles. The SMILES string of the molecule is COC1CCC(NC(=O)c2ccc(F)c(S(N)(=O)=O)c2)C1. The number of methoxy groups -OCH3 is 1. The smallest absolute Gasteiger partial charge is 0.251 e. The van der Waals surface area contributed by atoms with E-state index in [1.54, 1.807) is 7.11 Å². The Morgan fingerprint density at radius 1 is 1.43 bits per heavy atom. The van der Waals surface area contributed by atoms with Crippen LogP contribution in [-0.2, 0) is 14.8 Å². The van der Waals surface area contributed by atoms with Crippen LogP contribution in [0.5, 0.6) is 0 Å². The van der Waals surface area contributed by atoms with E-state index in [1.807, 2.05) is 0 Å². The highest BCUT2D eigenvalue weighted by Crippen LogP contribution is 2.22. The van der Waals surface area contributed by atoms with Crippen molar-refractivity contribution in [3.8, 4) is 0 Å². The summed E-state index contributed by atoms with van der Waals surface area (Å²) in [7, 11) is -2.59. The zero-order chi connectivity index (χ0) is 15.6. The summed E-state index contributed by atoms with van der Waals surface area (Å²) in [6, 6.07) is 3.05. The average molecular weight is 316 g/mol. The van der Waals surface area contributed by atoms with E-state index in [1.165, 1.54) is 6.07 Å². The van der Waals surface area contributed by atoms with E-state index in [-0.39, 0.29) is 17.7 Å². The summed E-state index contributed by atoms with van der Waals surface area (Å²) >= 11 is 0. The van der Waals surface area contributed by atoms with Gasteiger partial charge in [-0.1, -0.05) is 0 Å². The standard InChI is InChI=1S/C13H17FN2O4S/c1-20-10-4-3-9(7-10)16-13(17)8-2-5-11(14)12(6-8)21(15,18)19/h2,5-6,9-10H,3-4,7H2,1H3,(H,16,17)(H2,15,18,19). The molecule has 0 radical (unpaired) electrons. The third-order valence-electron chi connectivity index (χ3n) is 3.55. The van der Waals surface area contributed by atoms with Crippen LogP contribution in [0.2, 0.25) is 0 Å². The Morgan fingerprint density at radius 3 is 2.71 bits per heavy atom. The maximum Gasteiger partial charge on any atom is 0.251 e.